The molecule has 1 heterocycles. The van der Waals surface area contributed by atoms with Gasteiger partial charge in [-0.3, -0.25) is 9.78 Å². The number of fused-ring (bicyclic) bond motifs is 5. The van der Waals surface area contributed by atoms with Gasteiger partial charge in [-0.2, -0.15) is 0 Å². The minimum Gasteiger partial charge on any atom is -0.512 e. The summed E-state index contributed by atoms with van der Waals surface area (Å²) >= 11 is 0. The molecule has 4 fully saturated rings. The number of rotatable bonds is 6. The monoisotopic (exact) mass is 741 g/mol. The number of carbonyl (C=O) groups excluding carboxylic acids is 1. The number of benzene rings is 2. The maximum atomic E-state index is 12.6. The molecule has 0 amide bonds. The van der Waals surface area contributed by atoms with Crippen LogP contribution in [0.25, 0.3) is 22.2 Å². The van der Waals surface area contributed by atoms with Gasteiger partial charge < -0.3 is 5.11 Å². The first-order chi connectivity index (χ1) is 19.6. The number of hydrogen-bond acceptors (Lipinski definition) is 3. The van der Waals surface area contributed by atoms with Gasteiger partial charge in [-0.25, -0.2) is 0 Å². The van der Waals surface area contributed by atoms with Gasteiger partial charge in [0.05, 0.1) is 5.52 Å². The zero-order valence-corrected chi connectivity index (χ0v) is 28.2. The predicted octanol–water partition coefficient (Wildman–Crippen LogP) is 9.67. The summed E-state index contributed by atoms with van der Waals surface area (Å²) in [7, 11) is 0. The first kappa shape index (κ1) is 31.1. The molecular weight excluding hydrogens is 695 g/mol. The van der Waals surface area contributed by atoms with E-state index in [4.69, 9.17) is 4.98 Å². The Balaban J connectivity index is 0.000000165. The van der Waals surface area contributed by atoms with Crippen molar-refractivity contribution < 1.29 is 30.0 Å². The maximum Gasteiger partial charge on any atom is 0.165 e. The van der Waals surface area contributed by atoms with E-state index in [9.17, 15) is 9.90 Å². The number of aromatic nitrogens is 1. The van der Waals surface area contributed by atoms with Crippen molar-refractivity contribution in [1.82, 2.24) is 4.98 Å². The van der Waals surface area contributed by atoms with Gasteiger partial charge in [-0.1, -0.05) is 52.0 Å². The van der Waals surface area contributed by atoms with Crippen LogP contribution in [0.1, 0.15) is 94.7 Å². The van der Waals surface area contributed by atoms with Crippen LogP contribution < -0.4 is 0 Å². The number of carbonyl (C=O) groups is 1. The molecule has 0 aliphatic heterocycles. The van der Waals surface area contributed by atoms with Gasteiger partial charge in [-0.15, -0.1) is 34.9 Å². The zero-order valence-electron chi connectivity index (χ0n) is 25.8. The minimum atomic E-state index is -0.0775. The number of nitrogens with zero attached hydrogens (tertiary/aromatic N) is 1. The molecule has 0 saturated heterocycles. The van der Waals surface area contributed by atoms with E-state index in [0.717, 1.165) is 79.1 Å². The van der Waals surface area contributed by atoms with Crippen LogP contribution in [0.3, 0.4) is 0 Å². The van der Waals surface area contributed by atoms with Crippen LogP contribution in [0.4, 0.5) is 0 Å². The summed E-state index contributed by atoms with van der Waals surface area (Å²) in [6.07, 6.45) is 14.2. The molecule has 3 nitrogen and oxygen atoms in total. The average molecular weight is 741 g/mol. The van der Waals surface area contributed by atoms with Crippen molar-refractivity contribution in [3.63, 3.8) is 0 Å². The van der Waals surface area contributed by atoms with E-state index in [2.05, 4.69) is 76.2 Å². The molecule has 1 radical (unpaired) electrons. The Labute approximate surface area is 266 Å². The van der Waals surface area contributed by atoms with Gasteiger partial charge in [0.2, 0.25) is 0 Å². The van der Waals surface area contributed by atoms with Crippen molar-refractivity contribution in [3.05, 3.63) is 77.1 Å². The van der Waals surface area contributed by atoms with E-state index >= 15 is 0 Å². The average Bonchev–Trinajstić information content (AvgIpc) is 3.75. The summed E-state index contributed by atoms with van der Waals surface area (Å²) in [5.74, 6) is 2.93. The molecule has 1 N–H and O–H groups in total. The Morgan fingerprint density at radius 2 is 1.62 bits per heavy atom. The minimum absolute atomic E-state index is 0. The molecule has 4 aliphatic rings. The van der Waals surface area contributed by atoms with E-state index in [0.29, 0.717) is 11.7 Å². The van der Waals surface area contributed by atoms with E-state index in [-0.39, 0.29) is 36.7 Å². The third-order valence-electron chi connectivity index (χ3n) is 10.7. The molecular formula is C38H46IrNO2-. The van der Waals surface area contributed by atoms with Gasteiger partial charge in [-0.05, 0) is 106 Å². The second-order valence-corrected chi connectivity index (χ2v) is 14.3. The standard InChI is InChI=1S/C21H22N.C17H24O2.Ir/c1-14(2)10-17-6-5-7-21-19(17)8-9-20(22-21)18-12-15(3)11-16(4)13-18;18-14(16-5-1-12(10-16)2-6-16)9-15(19)17-7-3-13(11-17)4-8-17;/h5-9,11-12,14H,10H2,1-4H3;9,12-13,18H,1-8,10-11H2;/q-1;;/b;14-9-;. The van der Waals surface area contributed by atoms with Crippen molar-refractivity contribution in [1.29, 1.82) is 0 Å². The smallest absolute Gasteiger partial charge is 0.165 e. The molecule has 0 atom stereocenters. The second kappa shape index (κ2) is 12.4. The molecule has 0 unspecified atom stereocenters. The molecule has 4 saturated carbocycles. The van der Waals surface area contributed by atoms with Crippen molar-refractivity contribution in [2.75, 3.05) is 0 Å². The quantitative estimate of drug-likeness (QED) is 0.156. The Kier molecular flexibility index (Phi) is 9.17. The van der Waals surface area contributed by atoms with Gasteiger partial charge in [0.1, 0.15) is 5.76 Å². The molecule has 2 aromatic carbocycles. The number of pyridine rings is 1. The van der Waals surface area contributed by atoms with Crippen molar-refractivity contribution in [3.8, 4) is 11.3 Å². The second-order valence-electron chi connectivity index (χ2n) is 14.3. The number of aliphatic hydroxyl groups is 1. The normalized spacial score (nSPS) is 27.7. The number of allylic oxidation sites excluding steroid dienone is 2. The van der Waals surface area contributed by atoms with Crippen LogP contribution in [-0.2, 0) is 31.3 Å². The molecule has 1 aromatic heterocycles. The fourth-order valence-corrected chi connectivity index (χ4v) is 8.54. The van der Waals surface area contributed by atoms with Crippen LogP contribution in [0.15, 0.2) is 54.3 Å². The van der Waals surface area contributed by atoms with Crippen LogP contribution in [-0.4, -0.2) is 15.9 Å². The summed E-state index contributed by atoms with van der Waals surface area (Å²) in [4.78, 5) is 17.5. The Bertz CT molecular complexity index is 1450. The largest absolute Gasteiger partial charge is 0.512 e. The van der Waals surface area contributed by atoms with Crippen LogP contribution in [0.5, 0.6) is 0 Å². The number of hydrogen-bond donors (Lipinski definition) is 1. The predicted molar refractivity (Wildman–Crippen MR) is 168 cm³/mol. The molecule has 3 aromatic rings. The molecule has 4 aliphatic carbocycles. The third kappa shape index (κ3) is 6.18. The third-order valence-corrected chi connectivity index (χ3v) is 10.7. The van der Waals surface area contributed by atoms with Crippen LogP contribution in [0, 0.1) is 48.5 Å². The van der Waals surface area contributed by atoms with Gasteiger partial charge in [0.25, 0.3) is 0 Å². The van der Waals surface area contributed by atoms with E-state index in [1.807, 2.05) is 0 Å². The van der Waals surface area contributed by atoms with E-state index in [1.165, 1.54) is 42.2 Å². The summed E-state index contributed by atoms with van der Waals surface area (Å²) in [6.45, 7) is 8.71. The number of aliphatic hydroxyl groups excluding tert-OH is 1. The topological polar surface area (TPSA) is 50.2 Å². The fraction of sp³-hybridized carbons (Fsp3) is 0.526. The Hall–Kier alpha value is -2.29. The van der Waals surface area contributed by atoms with Gasteiger partial charge >= 0.3 is 0 Å². The molecule has 4 heteroatoms. The van der Waals surface area contributed by atoms with Crippen molar-refractivity contribution >= 4 is 16.7 Å². The summed E-state index contributed by atoms with van der Waals surface area (Å²) in [5, 5.41) is 11.8. The Morgan fingerprint density at radius 3 is 2.19 bits per heavy atom. The number of aryl methyl sites for hydroxylation is 2. The first-order valence-corrected chi connectivity index (χ1v) is 16.0. The fourth-order valence-electron chi connectivity index (χ4n) is 8.54. The van der Waals surface area contributed by atoms with Gasteiger partial charge in [0, 0.05) is 42.4 Å². The molecule has 0 spiro atoms. The van der Waals surface area contributed by atoms with Crippen molar-refractivity contribution in [2.45, 2.75) is 98.3 Å². The molecule has 225 valence electrons. The van der Waals surface area contributed by atoms with Crippen LogP contribution in [0.2, 0.25) is 0 Å². The summed E-state index contributed by atoms with van der Waals surface area (Å²) < 4.78 is 0. The van der Waals surface area contributed by atoms with Crippen molar-refractivity contribution in [2.24, 2.45) is 28.6 Å². The SMILES string of the molecule is Cc1[c-]c(-c2ccc3c(CC(C)C)cccc3n2)cc(C)c1.O=C(/C=C(\O)C12CCC(CC1)C2)C12CCC(CC1)C2.[Ir]. The first-order valence-electron chi connectivity index (χ1n) is 16.0. The van der Waals surface area contributed by atoms with Crippen LogP contribution >= 0.6 is 0 Å². The molecule has 7 rings (SSSR count). The summed E-state index contributed by atoms with van der Waals surface area (Å²) in [6, 6.07) is 18.5. The maximum absolute atomic E-state index is 12.6. The zero-order chi connectivity index (χ0) is 28.8. The molecule has 42 heavy (non-hydrogen) atoms. The van der Waals surface area contributed by atoms with Gasteiger partial charge in [0.15, 0.2) is 5.78 Å². The summed E-state index contributed by atoms with van der Waals surface area (Å²) in [5.41, 5.74) is 6.86. The number of ketones is 1. The molecule has 4 bridgehead atoms. The van der Waals surface area contributed by atoms with E-state index < -0.39 is 0 Å². The Morgan fingerprint density at radius 1 is 0.976 bits per heavy atom. The van der Waals surface area contributed by atoms with E-state index in [1.54, 1.807) is 6.08 Å².